The van der Waals surface area contributed by atoms with Crippen LogP contribution >= 0.6 is 0 Å². The number of aromatic nitrogens is 1. The fourth-order valence-corrected chi connectivity index (χ4v) is 2.49. The fraction of sp³-hybridized carbons (Fsp3) is 0.167. The lowest BCUT2D eigenvalue weighted by atomic mass is 10.1. The Morgan fingerprint density at radius 3 is 3.00 bits per heavy atom. The van der Waals surface area contributed by atoms with Crippen LogP contribution in [0, 0.1) is 0 Å². The lowest BCUT2D eigenvalue weighted by molar-refractivity contribution is -0.138. The number of fused-ring (bicyclic) bond motifs is 1. The number of rotatable bonds is 2. The van der Waals surface area contributed by atoms with Gasteiger partial charge in [-0.1, -0.05) is 30.3 Å². The largest absolute Gasteiger partial charge is 0.275 e. The molecule has 110 valence electrons. The van der Waals surface area contributed by atoms with Crippen molar-refractivity contribution in [2.24, 2.45) is 0 Å². The number of allylic oxidation sites excluding steroid dienone is 1. The van der Waals surface area contributed by atoms with Gasteiger partial charge in [-0.3, -0.25) is 19.5 Å². The van der Waals surface area contributed by atoms with Crippen molar-refractivity contribution in [3.05, 3.63) is 60.5 Å². The molecule has 1 aliphatic heterocycles. The molecular weight excluding hydrogens is 276 g/mol. The van der Waals surface area contributed by atoms with Crippen LogP contribution in [0.1, 0.15) is 18.4 Å². The Labute approximate surface area is 128 Å². The molecule has 22 heavy (non-hydrogen) atoms. The van der Waals surface area contributed by atoms with Gasteiger partial charge in [0.15, 0.2) is 0 Å². The van der Waals surface area contributed by atoms with Gasteiger partial charge < -0.3 is 0 Å². The van der Waals surface area contributed by atoms with Crippen molar-refractivity contribution in [3.63, 3.8) is 0 Å². The number of hydrogen-bond acceptors (Lipinski definition) is 3. The Bertz CT molecular complexity index is 772. The molecule has 3 rings (SSSR count). The Balaban J connectivity index is 1.85. The molecule has 0 aliphatic carbocycles. The van der Waals surface area contributed by atoms with E-state index in [1.54, 1.807) is 18.5 Å². The Morgan fingerprint density at radius 2 is 2.09 bits per heavy atom. The molecule has 0 radical (unpaired) electrons. The highest BCUT2D eigenvalue weighted by atomic mass is 16.2. The summed E-state index contributed by atoms with van der Waals surface area (Å²) in [6.45, 7) is 0.461. The zero-order chi connectivity index (χ0) is 15.4. The van der Waals surface area contributed by atoms with E-state index in [1.165, 1.54) is 17.1 Å². The van der Waals surface area contributed by atoms with Gasteiger partial charge >= 0.3 is 0 Å². The average molecular weight is 292 g/mol. The van der Waals surface area contributed by atoms with Crippen molar-refractivity contribution < 1.29 is 9.59 Å². The summed E-state index contributed by atoms with van der Waals surface area (Å²) in [6.07, 6.45) is 11.6. The smallest absolute Gasteiger partial charge is 0.253 e. The van der Waals surface area contributed by atoms with E-state index in [1.807, 2.05) is 30.3 Å². The molecule has 2 amide bonds. The lowest BCUT2D eigenvalue weighted by Crippen LogP contribution is -2.34. The second-order valence-electron chi connectivity index (χ2n) is 5.16. The maximum absolute atomic E-state index is 12.2. The van der Waals surface area contributed by atoms with Crippen LogP contribution in [0.15, 0.2) is 54.9 Å². The molecule has 0 unspecified atom stereocenters. The van der Waals surface area contributed by atoms with Crippen LogP contribution < -0.4 is 0 Å². The van der Waals surface area contributed by atoms with Gasteiger partial charge in [0.05, 0.1) is 0 Å². The van der Waals surface area contributed by atoms with Gasteiger partial charge in [0, 0.05) is 36.0 Å². The van der Waals surface area contributed by atoms with Crippen LogP contribution in [0.3, 0.4) is 0 Å². The second-order valence-corrected chi connectivity index (χ2v) is 5.16. The molecule has 2 heterocycles. The van der Waals surface area contributed by atoms with E-state index in [9.17, 15) is 9.59 Å². The molecule has 0 spiro atoms. The number of amides is 2. The van der Waals surface area contributed by atoms with E-state index >= 15 is 0 Å². The van der Waals surface area contributed by atoms with E-state index in [0.29, 0.717) is 6.54 Å². The van der Waals surface area contributed by atoms with Crippen molar-refractivity contribution in [1.82, 2.24) is 9.88 Å². The third-order valence-electron chi connectivity index (χ3n) is 3.65. The highest BCUT2D eigenvalue weighted by Gasteiger charge is 2.18. The van der Waals surface area contributed by atoms with Crippen molar-refractivity contribution in [1.29, 1.82) is 0 Å². The normalized spacial score (nSPS) is 15.5. The van der Waals surface area contributed by atoms with E-state index in [2.05, 4.69) is 4.98 Å². The highest BCUT2D eigenvalue weighted by molar-refractivity contribution is 6.07. The molecule has 1 aliphatic rings. The van der Waals surface area contributed by atoms with Gasteiger partial charge in [-0.25, -0.2) is 0 Å². The molecule has 2 aromatic rings. The highest BCUT2D eigenvalue weighted by Crippen LogP contribution is 2.18. The van der Waals surface area contributed by atoms with Crippen molar-refractivity contribution in [2.45, 2.75) is 12.8 Å². The SMILES string of the molecule is O=C1C=CCCCN1C(=O)/C=C/c1cncc2ccccc12. The van der Waals surface area contributed by atoms with Gasteiger partial charge in [-0.15, -0.1) is 0 Å². The molecule has 0 saturated carbocycles. The van der Waals surface area contributed by atoms with Crippen molar-refractivity contribution in [3.8, 4) is 0 Å². The molecule has 0 atom stereocenters. The maximum atomic E-state index is 12.2. The summed E-state index contributed by atoms with van der Waals surface area (Å²) < 4.78 is 0. The Morgan fingerprint density at radius 1 is 1.23 bits per heavy atom. The number of hydrogen-bond donors (Lipinski definition) is 0. The van der Waals surface area contributed by atoms with E-state index in [-0.39, 0.29) is 11.8 Å². The second kappa shape index (κ2) is 6.35. The third kappa shape index (κ3) is 2.96. The van der Waals surface area contributed by atoms with Crippen LogP contribution in [0.2, 0.25) is 0 Å². The van der Waals surface area contributed by atoms with E-state index in [4.69, 9.17) is 0 Å². The van der Waals surface area contributed by atoms with Crippen molar-refractivity contribution in [2.75, 3.05) is 6.54 Å². The molecule has 1 aromatic carbocycles. The van der Waals surface area contributed by atoms with Gasteiger partial charge in [0.2, 0.25) is 0 Å². The minimum Gasteiger partial charge on any atom is -0.275 e. The Kier molecular flexibility index (Phi) is 4.10. The summed E-state index contributed by atoms with van der Waals surface area (Å²) in [5.74, 6) is -0.535. The topological polar surface area (TPSA) is 50.3 Å². The minimum absolute atomic E-state index is 0.247. The summed E-state index contributed by atoms with van der Waals surface area (Å²) in [4.78, 5) is 29.5. The van der Waals surface area contributed by atoms with Crippen LogP contribution in [0.5, 0.6) is 0 Å². The maximum Gasteiger partial charge on any atom is 0.253 e. The molecule has 0 fully saturated rings. The first-order valence-corrected chi connectivity index (χ1v) is 7.28. The van der Waals surface area contributed by atoms with Crippen LogP contribution in [0.25, 0.3) is 16.8 Å². The number of nitrogens with zero attached hydrogens (tertiary/aromatic N) is 2. The molecule has 1 aromatic heterocycles. The summed E-state index contributed by atoms with van der Waals surface area (Å²) >= 11 is 0. The van der Waals surface area contributed by atoms with Gasteiger partial charge in [-0.05, 0) is 30.4 Å². The summed E-state index contributed by atoms with van der Waals surface area (Å²) in [6, 6.07) is 7.86. The van der Waals surface area contributed by atoms with Crippen LogP contribution in [0.4, 0.5) is 0 Å². The molecule has 4 heteroatoms. The summed E-state index contributed by atoms with van der Waals surface area (Å²) in [5.41, 5.74) is 0.865. The monoisotopic (exact) mass is 292 g/mol. The molecule has 4 nitrogen and oxygen atoms in total. The van der Waals surface area contributed by atoms with E-state index < -0.39 is 0 Å². The first-order valence-electron chi connectivity index (χ1n) is 7.28. The first kappa shape index (κ1) is 14.2. The molecule has 0 bridgehead atoms. The minimum atomic E-state index is -0.288. The van der Waals surface area contributed by atoms with Gasteiger partial charge in [0.25, 0.3) is 11.8 Å². The number of imide groups is 1. The standard InChI is InChI=1S/C18H16N2O2/c21-17-8-2-1-5-11-20(17)18(22)10-9-15-13-19-12-14-6-3-4-7-16(14)15/h2-4,6-10,12-13H,1,5,11H2/b10-9+. The van der Waals surface area contributed by atoms with Crippen LogP contribution in [-0.4, -0.2) is 28.2 Å². The molecule has 0 saturated heterocycles. The average Bonchev–Trinajstić information content (AvgIpc) is 2.77. The van der Waals surface area contributed by atoms with Gasteiger partial charge in [0.1, 0.15) is 0 Å². The third-order valence-corrected chi connectivity index (χ3v) is 3.65. The van der Waals surface area contributed by atoms with Gasteiger partial charge in [-0.2, -0.15) is 0 Å². The number of carbonyl (C=O) groups excluding carboxylic acids is 2. The zero-order valence-electron chi connectivity index (χ0n) is 12.1. The fourth-order valence-electron chi connectivity index (χ4n) is 2.49. The zero-order valence-corrected chi connectivity index (χ0v) is 12.1. The molecular formula is C18H16N2O2. The predicted octanol–water partition coefficient (Wildman–Crippen LogP) is 2.95. The summed E-state index contributed by atoms with van der Waals surface area (Å²) in [7, 11) is 0. The number of pyridine rings is 1. The Hall–Kier alpha value is -2.75. The molecule has 0 N–H and O–H groups in total. The lowest BCUT2D eigenvalue weighted by Gasteiger charge is -2.15. The first-order chi connectivity index (χ1) is 10.8. The number of carbonyl (C=O) groups is 2. The predicted molar refractivity (Wildman–Crippen MR) is 85.9 cm³/mol. The number of benzene rings is 1. The van der Waals surface area contributed by atoms with Crippen molar-refractivity contribution >= 4 is 28.7 Å². The van der Waals surface area contributed by atoms with E-state index in [0.717, 1.165) is 29.2 Å². The summed E-state index contributed by atoms with van der Waals surface area (Å²) in [5, 5.41) is 2.05. The quantitative estimate of drug-likeness (QED) is 0.800. The van der Waals surface area contributed by atoms with Crippen LogP contribution in [-0.2, 0) is 9.59 Å².